The molecule has 0 N–H and O–H groups in total. The van der Waals surface area contributed by atoms with E-state index in [0.29, 0.717) is 6.42 Å². The standard InChI is InChI=1S/C16H32O3S/c1-2-3-4-5-6-7-8-9-10-11-12-13-16-14-15-20(17,18)19-16/h16H,2-15H2,1H3/t16-/m0/s1. The van der Waals surface area contributed by atoms with E-state index in [0.717, 1.165) is 12.8 Å². The summed E-state index contributed by atoms with van der Waals surface area (Å²) in [5.74, 6) is 0.218. The van der Waals surface area contributed by atoms with E-state index >= 15 is 0 Å². The van der Waals surface area contributed by atoms with Crippen molar-refractivity contribution < 1.29 is 12.6 Å². The number of unbranched alkanes of at least 4 members (excludes halogenated alkanes) is 10. The summed E-state index contributed by atoms with van der Waals surface area (Å²) in [6, 6.07) is 0. The lowest BCUT2D eigenvalue weighted by Crippen LogP contribution is -2.06. The molecule has 0 bridgehead atoms. The molecule has 0 saturated carbocycles. The van der Waals surface area contributed by atoms with Crippen LogP contribution in [0.3, 0.4) is 0 Å². The van der Waals surface area contributed by atoms with Gasteiger partial charge in [0.15, 0.2) is 0 Å². The zero-order valence-electron chi connectivity index (χ0n) is 13.1. The van der Waals surface area contributed by atoms with Crippen molar-refractivity contribution in [2.75, 3.05) is 5.75 Å². The Kier molecular flexibility index (Phi) is 9.53. The molecule has 0 unspecified atom stereocenters. The van der Waals surface area contributed by atoms with Gasteiger partial charge in [0, 0.05) is 0 Å². The lowest BCUT2D eigenvalue weighted by atomic mass is 10.0. The molecule has 1 fully saturated rings. The molecule has 1 aliphatic heterocycles. The summed E-state index contributed by atoms with van der Waals surface area (Å²) in [6.45, 7) is 2.26. The largest absolute Gasteiger partial charge is 0.267 e. The first-order valence-electron chi connectivity index (χ1n) is 8.55. The van der Waals surface area contributed by atoms with Crippen molar-refractivity contribution >= 4 is 10.1 Å². The summed E-state index contributed by atoms with van der Waals surface area (Å²) in [6.07, 6.45) is 16.2. The highest BCUT2D eigenvalue weighted by Crippen LogP contribution is 2.21. The van der Waals surface area contributed by atoms with Crippen molar-refractivity contribution in [2.45, 2.75) is 96.5 Å². The first-order valence-corrected chi connectivity index (χ1v) is 10.1. The van der Waals surface area contributed by atoms with E-state index in [1.807, 2.05) is 0 Å². The Morgan fingerprint density at radius 2 is 1.35 bits per heavy atom. The summed E-state index contributed by atoms with van der Waals surface area (Å²) >= 11 is 0. The van der Waals surface area contributed by atoms with Crippen LogP contribution in [0.1, 0.15) is 90.4 Å². The predicted octanol–water partition coefficient (Wildman–Crippen LogP) is 4.81. The van der Waals surface area contributed by atoms with E-state index in [2.05, 4.69) is 6.92 Å². The van der Waals surface area contributed by atoms with Gasteiger partial charge in [-0.3, -0.25) is 4.18 Å². The van der Waals surface area contributed by atoms with Gasteiger partial charge in [0.25, 0.3) is 10.1 Å². The molecule has 1 aliphatic rings. The van der Waals surface area contributed by atoms with Crippen LogP contribution < -0.4 is 0 Å². The molecule has 0 aliphatic carbocycles. The van der Waals surface area contributed by atoms with Crippen LogP contribution in [0, 0.1) is 0 Å². The predicted molar refractivity (Wildman–Crippen MR) is 84.4 cm³/mol. The Balaban J connectivity index is 1.79. The molecule has 0 radical (unpaired) electrons. The van der Waals surface area contributed by atoms with Crippen molar-refractivity contribution in [2.24, 2.45) is 0 Å². The number of hydrogen-bond acceptors (Lipinski definition) is 3. The van der Waals surface area contributed by atoms with Crippen LogP contribution in [0.15, 0.2) is 0 Å². The molecule has 0 amide bonds. The fourth-order valence-corrected chi connectivity index (χ4v) is 4.06. The SMILES string of the molecule is CCCCCCCCCCCCC[C@H]1CCS(=O)(=O)O1. The van der Waals surface area contributed by atoms with E-state index in [1.54, 1.807) is 0 Å². The van der Waals surface area contributed by atoms with Crippen LogP contribution >= 0.6 is 0 Å². The molecule has 0 aromatic heterocycles. The Hall–Kier alpha value is -0.0900. The molecule has 0 aromatic rings. The van der Waals surface area contributed by atoms with Crippen LogP contribution in [0.25, 0.3) is 0 Å². The Labute approximate surface area is 125 Å². The molecule has 4 heteroatoms. The normalized spacial score (nSPS) is 21.4. The number of rotatable bonds is 12. The smallest absolute Gasteiger partial charge is 0.267 e. The topological polar surface area (TPSA) is 43.4 Å². The second kappa shape index (κ2) is 10.6. The molecule has 20 heavy (non-hydrogen) atoms. The van der Waals surface area contributed by atoms with Crippen LogP contribution in [0.2, 0.25) is 0 Å². The molecule has 0 spiro atoms. The van der Waals surface area contributed by atoms with Crippen LogP contribution in [-0.4, -0.2) is 20.3 Å². The molecular weight excluding hydrogens is 272 g/mol. The van der Waals surface area contributed by atoms with Crippen molar-refractivity contribution in [3.63, 3.8) is 0 Å². The van der Waals surface area contributed by atoms with E-state index in [9.17, 15) is 8.42 Å². The van der Waals surface area contributed by atoms with Gasteiger partial charge < -0.3 is 0 Å². The van der Waals surface area contributed by atoms with Crippen LogP contribution in [0.5, 0.6) is 0 Å². The maximum atomic E-state index is 11.1. The second-order valence-electron chi connectivity index (χ2n) is 6.09. The molecule has 120 valence electrons. The van der Waals surface area contributed by atoms with E-state index < -0.39 is 10.1 Å². The van der Waals surface area contributed by atoms with Gasteiger partial charge in [-0.2, -0.15) is 8.42 Å². The van der Waals surface area contributed by atoms with Gasteiger partial charge >= 0.3 is 0 Å². The lowest BCUT2D eigenvalue weighted by Gasteiger charge is -2.07. The van der Waals surface area contributed by atoms with Gasteiger partial charge in [0.1, 0.15) is 0 Å². The van der Waals surface area contributed by atoms with E-state index in [1.165, 1.54) is 64.2 Å². The quantitative estimate of drug-likeness (QED) is 0.384. The molecular formula is C16H32O3S. The van der Waals surface area contributed by atoms with Gasteiger partial charge in [-0.1, -0.05) is 77.6 Å². The third-order valence-electron chi connectivity index (χ3n) is 4.10. The number of hydrogen-bond donors (Lipinski definition) is 0. The van der Waals surface area contributed by atoms with Gasteiger partial charge in [-0.05, 0) is 12.8 Å². The Bertz CT molecular complexity index is 325. The van der Waals surface area contributed by atoms with Crippen LogP contribution in [-0.2, 0) is 14.3 Å². The average Bonchev–Trinajstić information content (AvgIpc) is 2.75. The average molecular weight is 304 g/mol. The summed E-state index contributed by atoms with van der Waals surface area (Å²) < 4.78 is 27.3. The van der Waals surface area contributed by atoms with Gasteiger partial charge in [-0.15, -0.1) is 0 Å². The second-order valence-corrected chi connectivity index (χ2v) is 7.81. The van der Waals surface area contributed by atoms with Crippen molar-refractivity contribution in [1.82, 2.24) is 0 Å². The van der Waals surface area contributed by atoms with E-state index in [4.69, 9.17) is 4.18 Å². The van der Waals surface area contributed by atoms with Crippen molar-refractivity contribution in [3.05, 3.63) is 0 Å². The lowest BCUT2D eigenvalue weighted by molar-refractivity contribution is 0.220. The molecule has 1 rings (SSSR count). The first-order chi connectivity index (χ1) is 9.64. The highest BCUT2D eigenvalue weighted by molar-refractivity contribution is 7.86. The zero-order chi connectivity index (χ0) is 14.7. The molecule has 1 heterocycles. The minimum Gasteiger partial charge on any atom is -0.267 e. The maximum absolute atomic E-state index is 11.1. The summed E-state index contributed by atoms with van der Waals surface area (Å²) in [5, 5.41) is 0. The van der Waals surface area contributed by atoms with Crippen LogP contribution in [0.4, 0.5) is 0 Å². The van der Waals surface area contributed by atoms with Crippen molar-refractivity contribution in [3.8, 4) is 0 Å². The monoisotopic (exact) mass is 304 g/mol. The van der Waals surface area contributed by atoms with Crippen molar-refractivity contribution in [1.29, 1.82) is 0 Å². The summed E-state index contributed by atoms with van der Waals surface area (Å²) in [7, 11) is -3.16. The fourth-order valence-electron chi connectivity index (χ4n) is 2.81. The Morgan fingerprint density at radius 3 is 1.80 bits per heavy atom. The third-order valence-corrected chi connectivity index (χ3v) is 5.40. The first kappa shape index (κ1) is 18.0. The highest BCUT2D eigenvalue weighted by atomic mass is 32.2. The Morgan fingerprint density at radius 1 is 0.850 bits per heavy atom. The fraction of sp³-hybridized carbons (Fsp3) is 1.00. The van der Waals surface area contributed by atoms with Gasteiger partial charge in [-0.25, -0.2) is 0 Å². The minimum atomic E-state index is -3.16. The van der Waals surface area contributed by atoms with E-state index in [-0.39, 0.29) is 11.9 Å². The molecule has 0 aromatic carbocycles. The van der Waals surface area contributed by atoms with Gasteiger partial charge in [0.2, 0.25) is 0 Å². The molecule has 3 nitrogen and oxygen atoms in total. The minimum absolute atomic E-state index is 0.0291. The molecule has 1 atom stereocenters. The summed E-state index contributed by atoms with van der Waals surface area (Å²) in [4.78, 5) is 0. The zero-order valence-corrected chi connectivity index (χ0v) is 13.9. The maximum Gasteiger partial charge on any atom is 0.267 e. The third kappa shape index (κ3) is 8.96. The van der Waals surface area contributed by atoms with Gasteiger partial charge in [0.05, 0.1) is 11.9 Å². The highest BCUT2D eigenvalue weighted by Gasteiger charge is 2.27. The molecule has 1 saturated heterocycles. The summed E-state index contributed by atoms with van der Waals surface area (Å²) in [5.41, 5.74) is 0.